The molecule has 2 unspecified atom stereocenters. The van der Waals surface area contributed by atoms with E-state index in [1.165, 1.54) is 0 Å². The van der Waals surface area contributed by atoms with Crippen LogP contribution in [0.2, 0.25) is 0 Å². The van der Waals surface area contributed by atoms with Crippen LogP contribution in [0.1, 0.15) is 29.8 Å². The number of nitrogens with two attached hydrogens (primary N) is 1. The number of aromatic nitrogens is 2. The summed E-state index contributed by atoms with van der Waals surface area (Å²) in [5, 5.41) is 2.90. The number of imidazole rings is 1. The number of nitrogens with zero attached hydrogens (tertiary/aromatic N) is 2. The Balaban J connectivity index is 1.80. The van der Waals surface area contributed by atoms with Crippen molar-refractivity contribution < 1.29 is 4.79 Å². The number of carbonyl (C=O) groups excluding carboxylic acids is 1. The Kier molecular flexibility index (Phi) is 3.24. The average Bonchev–Trinajstić information content (AvgIpc) is 2.84. The Morgan fingerprint density at radius 1 is 1.69 bits per heavy atom. The highest BCUT2D eigenvalue weighted by molar-refractivity contribution is 5.91. The van der Waals surface area contributed by atoms with Gasteiger partial charge in [0, 0.05) is 25.8 Å². The third-order valence-corrected chi connectivity index (χ3v) is 3.07. The monoisotopic (exact) mass is 222 g/mol. The minimum absolute atomic E-state index is 0.0962. The highest BCUT2D eigenvalue weighted by atomic mass is 16.1. The molecule has 1 fully saturated rings. The summed E-state index contributed by atoms with van der Waals surface area (Å²) < 4.78 is 1.76. The first-order valence-corrected chi connectivity index (χ1v) is 5.67. The first-order valence-electron chi connectivity index (χ1n) is 5.67. The van der Waals surface area contributed by atoms with E-state index in [1.807, 2.05) is 7.05 Å². The molecule has 88 valence electrons. The molecule has 0 radical (unpaired) electrons. The number of hydrogen-bond acceptors (Lipinski definition) is 3. The summed E-state index contributed by atoms with van der Waals surface area (Å²) in [4.78, 5) is 15.7. The van der Waals surface area contributed by atoms with Crippen molar-refractivity contribution in [3.63, 3.8) is 0 Å². The Hall–Kier alpha value is -1.36. The van der Waals surface area contributed by atoms with Crippen LogP contribution in [0.15, 0.2) is 12.5 Å². The van der Waals surface area contributed by atoms with Crippen LogP contribution in [0.25, 0.3) is 0 Å². The number of amides is 1. The van der Waals surface area contributed by atoms with E-state index in [9.17, 15) is 4.79 Å². The molecule has 0 bridgehead atoms. The van der Waals surface area contributed by atoms with Gasteiger partial charge in [0.1, 0.15) is 5.69 Å². The highest BCUT2D eigenvalue weighted by Gasteiger charge is 2.22. The van der Waals surface area contributed by atoms with Gasteiger partial charge in [-0.15, -0.1) is 0 Å². The number of aryl methyl sites for hydroxylation is 1. The molecule has 1 heterocycles. The van der Waals surface area contributed by atoms with Gasteiger partial charge in [-0.25, -0.2) is 4.98 Å². The van der Waals surface area contributed by atoms with Crippen molar-refractivity contribution in [2.75, 3.05) is 6.54 Å². The van der Waals surface area contributed by atoms with Gasteiger partial charge in [-0.2, -0.15) is 0 Å². The van der Waals surface area contributed by atoms with Gasteiger partial charge in [-0.3, -0.25) is 4.79 Å². The molecule has 1 aromatic rings. The molecule has 5 heteroatoms. The van der Waals surface area contributed by atoms with Crippen molar-refractivity contribution in [2.24, 2.45) is 18.7 Å². The minimum atomic E-state index is -0.0962. The number of nitrogens with one attached hydrogen (secondary N) is 1. The lowest BCUT2D eigenvalue weighted by Crippen LogP contribution is -2.29. The van der Waals surface area contributed by atoms with E-state index < -0.39 is 0 Å². The summed E-state index contributed by atoms with van der Waals surface area (Å²) in [6.07, 6.45) is 6.55. The maximum absolute atomic E-state index is 11.7. The lowest BCUT2D eigenvalue weighted by Gasteiger charge is -2.09. The van der Waals surface area contributed by atoms with Crippen LogP contribution in [0.5, 0.6) is 0 Å². The van der Waals surface area contributed by atoms with E-state index in [0.29, 0.717) is 24.2 Å². The number of carbonyl (C=O) groups is 1. The van der Waals surface area contributed by atoms with Gasteiger partial charge in [-0.1, -0.05) is 0 Å². The summed E-state index contributed by atoms with van der Waals surface area (Å²) in [5.41, 5.74) is 6.29. The third kappa shape index (κ3) is 2.61. The van der Waals surface area contributed by atoms with Crippen molar-refractivity contribution in [1.29, 1.82) is 0 Å². The van der Waals surface area contributed by atoms with Crippen molar-refractivity contribution in [2.45, 2.75) is 25.3 Å². The largest absolute Gasteiger partial charge is 0.350 e. The standard InChI is InChI=1S/C11H18N4O/c1-15-6-10(14-7-15)11(16)13-5-8-2-3-9(12)4-8/h6-9H,2-5,12H2,1H3,(H,13,16). The van der Waals surface area contributed by atoms with Crippen LogP contribution >= 0.6 is 0 Å². The molecule has 0 saturated heterocycles. The quantitative estimate of drug-likeness (QED) is 0.771. The van der Waals surface area contributed by atoms with E-state index in [4.69, 9.17) is 5.73 Å². The molecule has 1 saturated carbocycles. The van der Waals surface area contributed by atoms with E-state index in [0.717, 1.165) is 19.3 Å². The van der Waals surface area contributed by atoms with Crippen LogP contribution in [-0.4, -0.2) is 28.0 Å². The zero-order valence-electron chi connectivity index (χ0n) is 9.52. The van der Waals surface area contributed by atoms with Gasteiger partial charge in [0.15, 0.2) is 0 Å². The van der Waals surface area contributed by atoms with Gasteiger partial charge >= 0.3 is 0 Å². The summed E-state index contributed by atoms with van der Waals surface area (Å²) in [5.74, 6) is 0.434. The first kappa shape index (κ1) is 11.1. The Bertz CT molecular complexity index is 374. The van der Waals surface area contributed by atoms with E-state index >= 15 is 0 Å². The van der Waals surface area contributed by atoms with Gasteiger partial charge in [-0.05, 0) is 25.2 Å². The minimum Gasteiger partial charge on any atom is -0.350 e. The zero-order chi connectivity index (χ0) is 11.5. The molecule has 3 N–H and O–H groups in total. The molecular formula is C11H18N4O. The van der Waals surface area contributed by atoms with Crippen LogP contribution < -0.4 is 11.1 Å². The molecule has 0 aliphatic heterocycles. The van der Waals surface area contributed by atoms with Gasteiger partial charge in [0.05, 0.1) is 6.33 Å². The second kappa shape index (κ2) is 4.65. The summed E-state index contributed by atoms with van der Waals surface area (Å²) in [6.45, 7) is 0.711. The molecule has 1 aliphatic carbocycles. The van der Waals surface area contributed by atoms with Gasteiger partial charge in [0.2, 0.25) is 0 Å². The smallest absolute Gasteiger partial charge is 0.271 e. The number of hydrogen-bond donors (Lipinski definition) is 2. The van der Waals surface area contributed by atoms with Crippen LogP contribution in [0.3, 0.4) is 0 Å². The third-order valence-electron chi connectivity index (χ3n) is 3.07. The second-order valence-electron chi connectivity index (χ2n) is 4.57. The number of rotatable bonds is 3. The Morgan fingerprint density at radius 3 is 3.06 bits per heavy atom. The maximum Gasteiger partial charge on any atom is 0.271 e. The zero-order valence-corrected chi connectivity index (χ0v) is 9.52. The Morgan fingerprint density at radius 2 is 2.50 bits per heavy atom. The van der Waals surface area contributed by atoms with Gasteiger partial charge < -0.3 is 15.6 Å². The fourth-order valence-electron chi connectivity index (χ4n) is 2.16. The molecule has 0 spiro atoms. The van der Waals surface area contributed by atoms with E-state index in [1.54, 1.807) is 17.1 Å². The molecule has 2 atom stereocenters. The van der Waals surface area contributed by atoms with Crippen LogP contribution in [0, 0.1) is 5.92 Å². The average molecular weight is 222 g/mol. The predicted octanol–water partition coefficient (Wildman–Crippen LogP) is 0.277. The van der Waals surface area contributed by atoms with E-state index in [-0.39, 0.29) is 5.91 Å². The van der Waals surface area contributed by atoms with Crippen molar-refractivity contribution >= 4 is 5.91 Å². The molecule has 1 amide bonds. The van der Waals surface area contributed by atoms with Crippen molar-refractivity contribution in [3.05, 3.63) is 18.2 Å². The molecule has 1 aromatic heterocycles. The summed E-state index contributed by atoms with van der Waals surface area (Å²) in [7, 11) is 1.85. The van der Waals surface area contributed by atoms with Crippen molar-refractivity contribution in [1.82, 2.24) is 14.9 Å². The molecule has 0 aromatic carbocycles. The fraction of sp³-hybridized carbons (Fsp3) is 0.636. The first-order chi connectivity index (χ1) is 7.65. The summed E-state index contributed by atoms with van der Waals surface area (Å²) in [6, 6.07) is 0.316. The normalized spacial score (nSPS) is 24.6. The molecular weight excluding hydrogens is 204 g/mol. The maximum atomic E-state index is 11.7. The SMILES string of the molecule is Cn1cnc(C(=O)NCC2CCC(N)C2)c1. The lowest BCUT2D eigenvalue weighted by atomic mass is 10.1. The topological polar surface area (TPSA) is 72.9 Å². The van der Waals surface area contributed by atoms with Crippen LogP contribution in [-0.2, 0) is 7.05 Å². The molecule has 16 heavy (non-hydrogen) atoms. The van der Waals surface area contributed by atoms with Gasteiger partial charge in [0.25, 0.3) is 5.91 Å². The molecule has 2 rings (SSSR count). The highest BCUT2D eigenvalue weighted by Crippen LogP contribution is 2.23. The summed E-state index contributed by atoms with van der Waals surface area (Å²) >= 11 is 0. The molecule has 5 nitrogen and oxygen atoms in total. The van der Waals surface area contributed by atoms with Crippen molar-refractivity contribution in [3.8, 4) is 0 Å². The van der Waals surface area contributed by atoms with E-state index in [2.05, 4.69) is 10.3 Å². The molecule has 1 aliphatic rings. The van der Waals surface area contributed by atoms with Crippen LogP contribution in [0.4, 0.5) is 0 Å². The Labute approximate surface area is 95.0 Å². The fourth-order valence-corrected chi connectivity index (χ4v) is 2.16. The second-order valence-corrected chi connectivity index (χ2v) is 4.57. The predicted molar refractivity (Wildman–Crippen MR) is 60.9 cm³/mol. The lowest BCUT2D eigenvalue weighted by molar-refractivity contribution is 0.0942.